The Morgan fingerprint density at radius 1 is 1.35 bits per heavy atom. The van der Waals surface area contributed by atoms with E-state index in [1.54, 1.807) is 31.1 Å². The molecule has 0 bridgehead atoms. The minimum absolute atomic E-state index is 0.00989. The molecular formula is C17H21N3O6. The second-order valence-electron chi connectivity index (χ2n) is 5.85. The van der Waals surface area contributed by atoms with Gasteiger partial charge in [0, 0.05) is 26.3 Å². The summed E-state index contributed by atoms with van der Waals surface area (Å²) in [6, 6.07) is 4.61. The van der Waals surface area contributed by atoms with Gasteiger partial charge in [0.1, 0.15) is 5.70 Å². The van der Waals surface area contributed by atoms with Crippen LogP contribution in [0.25, 0.3) is 0 Å². The number of β-amino-alcohol motifs (C(OH)–C–C–N with tert-alkyl or cyclic N) is 1. The van der Waals surface area contributed by atoms with E-state index in [2.05, 4.69) is 5.32 Å². The number of nitrogens with one attached hydrogen (secondary N) is 1. The molecule has 0 fully saturated rings. The zero-order valence-corrected chi connectivity index (χ0v) is 14.8. The van der Waals surface area contributed by atoms with Crippen LogP contribution in [0.15, 0.2) is 29.5 Å². The number of hydrogen-bond acceptors (Lipinski definition) is 7. The fraction of sp³-hybridized carbons (Fsp3) is 0.353. The zero-order valence-electron chi connectivity index (χ0n) is 14.8. The average Bonchev–Trinajstić information content (AvgIpc) is 2.90. The van der Waals surface area contributed by atoms with E-state index in [0.717, 1.165) is 0 Å². The Morgan fingerprint density at radius 2 is 2.04 bits per heavy atom. The molecule has 1 aliphatic heterocycles. The van der Waals surface area contributed by atoms with Crippen LogP contribution in [0.4, 0.5) is 11.4 Å². The van der Waals surface area contributed by atoms with E-state index in [9.17, 15) is 19.5 Å². The first-order valence-electron chi connectivity index (χ1n) is 7.83. The lowest BCUT2D eigenvalue weighted by atomic mass is 10.1. The number of methoxy groups -OCH3 is 1. The summed E-state index contributed by atoms with van der Waals surface area (Å²) in [5.41, 5.74) is 1.05. The molecule has 1 heterocycles. The molecular weight excluding hydrogens is 342 g/mol. The molecule has 0 radical (unpaired) electrons. The maximum atomic E-state index is 12.5. The summed E-state index contributed by atoms with van der Waals surface area (Å²) in [6.07, 6.45) is 0. The van der Waals surface area contributed by atoms with E-state index < -0.39 is 17.8 Å². The van der Waals surface area contributed by atoms with Crippen LogP contribution in [0.2, 0.25) is 0 Å². The van der Waals surface area contributed by atoms with Crippen molar-refractivity contribution in [2.45, 2.75) is 0 Å². The predicted octanol–water partition coefficient (Wildman–Crippen LogP) is 0.124. The molecule has 0 saturated carbocycles. The minimum atomic E-state index is -1.11. The lowest BCUT2D eigenvalue weighted by molar-refractivity contribution is -0.136. The number of esters is 1. The van der Waals surface area contributed by atoms with Crippen molar-refractivity contribution >= 4 is 29.2 Å². The third-order valence-corrected chi connectivity index (χ3v) is 3.93. The molecule has 0 atom stereocenters. The lowest BCUT2D eigenvalue weighted by Crippen LogP contribution is -2.31. The van der Waals surface area contributed by atoms with Gasteiger partial charge < -0.3 is 30.1 Å². The number of anilines is 2. The molecule has 9 heteroatoms. The molecule has 0 aliphatic carbocycles. The van der Waals surface area contributed by atoms with E-state index in [1.807, 2.05) is 0 Å². The summed E-state index contributed by atoms with van der Waals surface area (Å²) in [7, 11) is 4.65. The summed E-state index contributed by atoms with van der Waals surface area (Å²) in [6.45, 7) is -0.158. The highest BCUT2D eigenvalue weighted by molar-refractivity contribution is 6.08. The number of hydrogen-bond donors (Lipinski definition) is 3. The van der Waals surface area contributed by atoms with Crippen LogP contribution >= 0.6 is 0 Å². The number of aliphatic hydroxyl groups is 1. The Kier molecular flexibility index (Phi) is 5.83. The Labute approximate surface area is 150 Å². The van der Waals surface area contributed by atoms with Gasteiger partial charge in [0.25, 0.3) is 5.91 Å². The Morgan fingerprint density at radius 3 is 2.58 bits per heavy atom. The number of carbonyl (C=O) groups excluding carboxylic acids is 2. The number of benzene rings is 1. The van der Waals surface area contributed by atoms with Crippen molar-refractivity contribution in [1.82, 2.24) is 4.90 Å². The molecule has 1 aromatic carbocycles. The second kappa shape index (κ2) is 7.87. The molecule has 0 unspecified atom stereocenters. The van der Waals surface area contributed by atoms with Gasteiger partial charge in [0.05, 0.1) is 37.1 Å². The summed E-state index contributed by atoms with van der Waals surface area (Å²) >= 11 is 0. The molecule has 26 heavy (non-hydrogen) atoms. The van der Waals surface area contributed by atoms with E-state index in [-0.39, 0.29) is 36.5 Å². The maximum Gasteiger partial charge on any atom is 0.337 e. The second-order valence-corrected chi connectivity index (χ2v) is 5.85. The van der Waals surface area contributed by atoms with Crippen LogP contribution in [0.1, 0.15) is 10.4 Å². The molecule has 9 nitrogen and oxygen atoms in total. The topological polar surface area (TPSA) is 119 Å². The fourth-order valence-corrected chi connectivity index (χ4v) is 2.67. The number of aliphatic hydroxyl groups excluding tert-OH is 1. The van der Waals surface area contributed by atoms with Crippen molar-refractivity contribution in [2.24, 2.45) is 0 Å². The number of carboxylic acid groups (broad SMARTS) is 1. The van der Waals surface area contributed by atoms with E-state index >= 15 is 0 Å². The number of nitrogens with zero attached hydrogens (tertiary/aromatic N) is 2. The van der Waals surface area contributed by atoms with E-state index in [1.165, 1.54) is 18.1 Å². The number of aromatic carboxylic acids is 1. The summed E-state index contributed by atoms with van der Waals surface area (Å²) in [4.78, 5) is 38.9. The first-order valence-corrected chi connectivity index (χ1v) is 7.83. The first kappa shape index (κ1) is 19.3. The number of amides is 1. The van der Waals surface area contributed by atoms with Gasteiger partial charge in [-0.3, -0.25) is 4.79 Å². The van der Waals surface area contributed by atoms with E-state index in [0.29, 0.717) is 11.4 Å². The van der Waals surface area contributed by atoms with Gasteiger partial charge in [-0.2, -0.15) is 0 Å². The minimum Gasteiger partial charge on any atom is -0.478 e. The van der Waals surface area contributed by atoms with E-state index in [4.69, 9.17) is 9.84 Å². The molecule has 1 aromatic rings. The Bertz CT molecular complexity index is 772. The van der Waals surface area contributed by atoms with Crippen LogP contribution in [0.3, 0.4) is 0 Å². The smallest absolute Gasteiger partial charge is 0.337 e. The van der Waals surface area contributed by atoms with Crippen LogP contribution < -0.4 is 10.2 Å². The highest BCUT2D eigenvalue weighted by Crippen LogP contribution is 2.27. The molecule has 1 amide bonds. The highest BCUT2D eigenvalue weighted by Gasteiger charge is 2.34. The largest absolute Gasteiger partial charge is 0.478 e. The third kappa shape index (κ3) is 3.77. The molecule has 0 spiro atoms. The fourth-order valence-electron chi connectivity index (χ4n) is 2.67. The van der Waals surface area contributed by atoms with Crippen molar-refractivity contribution < 1.29 is 29.3 Å². The maximum absolute atomic E-state index is 12.5. The quantitative estimate of drug-likeness (QED) is 0.585. The van der Waals surface area contributed by atoms with Crippen molar-refractivity contribution in [3.8, 4) is 0 Å². The first-order chi connectivity index (χ1) is 12.3. The number of rotatable bonds is 7. The van der Waals surface area contributed by atoms with Crippen LogP contribution in [0.5, 0.6) is 0 Å². The van der Waals surface area contributed by atoms with Crippen molar-refractivity contribution in [1.29, 1.82) is 0 Å². The number of ether oxygens (including phenoxy) is 1. The van der Waals surface area contributed by atoms with Gasteiger partial charge in [-0.25, -0.2) is 9.59 Å². The number of carbonyl (C=O) groups is 3. The van der Waals surface area contributed by atoms with Crippen molar-refractivity contribution in [3.63, 3.8) is 0 Å². The SMILES string of the molecule is COC(=O)C1=C(Nc2ccc(N(C)C)c(C(=O)O)c2)C(=O)N(CCO)C1. The monoisotopic (exact) mass is 363 g/mol. The number of carboxylic acids is 1. The lowest BCUT2D eigenvalue weighted by Gasteiger charge is -2.18. The standard InChI is InChI=1S/C17H21N3O6/c1-19(2)13-5-4-10(8-11(13)16(23)24)18-14-12(17(25)26-3)9-20(6-7-21)15(14)22/h4-5,8,18,21H,6-7,9H2,1-3H3,(H,23,24). The summed E-state index contributed by atoms with van der Waals surface area (Å²) < 4.78 is 4.71. The van der Waals surface area contributed by atoms with Gasteiger partial charge >= 0.3 is 11.9 Å². The van der Waals surface area contributed by atoms with Crippen LogP contribution in [-0.4, -0.2) is 73.9 Å². The molecule has 1 aliphatic rings. The molecule has 3 N–H and O–H groups in total. The van der Waals surface area contributed by atoms with Gasteiger partial charge in [-0.1, -0.05) is 0 Å². The molecule has 2 rings (SSSR count). The summed E-state index contributed by atoms with van der Waals surface area (Å²) in [5, 5.41) is 21.3. The van der Waals surface area contributed by atoms with Gasteiger partial charge in [-0.05, 0) is 18.2 Å². The van der Waals surface area contributed by atoms with Crippen LogP contribution in [-0.2, 0) is 14.3 Å². The summed E-state index contributed by atoms with van der Waals surface area (Å²) in [5.74, 6) is -2.24. The highest BCUT2D eigenvalue weighted by atomic mass is 16.5. The molecule has 0 aromatic heterocycles. The molecule has 140 valence electrons. The predicted molar refractivity (Wildman–Crippen MR) is 94.1 cm³/mol. The zero-order chi connectivity index (χ0) is 19.4. The average molecular weight is 363 g/mol. The van der Waals surface area contributed by atoms with Crippen molar-refractivity contribution in [2.75, 3.05) is 51.1 Å². The normalized spacial score (nSPS) is 13.8. The van der Waals surface area contributed by atoms with Gasteiger partial charge in [0.2, 0.25) is 0 Å². The molecule has 0 saturated heterocycles. The van der Waals surface area contributed by atoms with Gasteiger partial charge in [-0.15, -0.1) is 0 Å². The third-order valence-electron chi connectivity index (χ3n) is 3.93. The van der Waals surface area contributed by atoms with Gasteiger partial charge in [0.15, 0.2) is 0 Å². The Balaban J connectivity index is 2.40. The Hall–Kier alpha value is -3.07. The van der Waals surface area contributed by atoms with Crippen LogP contribution in [0, 0.1) is 0 Å². The van der Waals surface area contributed by atoms with Crippen molar-refractivity contribution in [3.05, 3.63) is 35.0 Å².